The molecule has 2 rings (SSSR count). The normalized spacial score (nSPS) is 16.4. The Kier molecular flexibility index (Phi) is 3.84. The number of hydrogen-bond donors (Lipinski definition) is 1. The largest absolute Gasteiger partial charge is 0.337 e. The maximum atomic E-state index is 12.1. The Balaban J connectivity index is 2.00. The van der Waals surface area contributed by atoms with E-state index in [2.05, 4.69) is 5.32 Å². The zero-order valence-electron chi connectivity index (χ0n) is 10.8. The molecule has 0 saturated carbocycles. The van der Waals surface area contributed by atoms with Crippen LogP contribution in [0.5, 0.6) is 0 Å². The van der Waals surface area contributed by atoms with Gasteiger partial charge in [0.2, 0.25) is 5.91 Å². The van der Waals surface area contributed by atoms with Crippen LogP contribution in [0, 0.1) is 0 Å². The summed E-state index contributed by atoms with van der Waals surface area (Å²) in [5.41, 5.74) is 0. The van der Waals surface area contributed by atoms with E-state index in [1.807, 2.05) is 24.4 Å². The maximum Gasteiger partial charge on any atom is 0.325 e. The summed E-state index contributed by atoms with van der Waals surface area (Å²) in [5.74, 6) is -0.623. The van der Waals surface area contributed by atoms with Gasteiger partial charge in [-0.25, -0.2) is 4.79 Å². The van der Waals surface area contributed by atoms with E-state index in [0.717, 1.165) is 9.78 Å². The summed E-state index contributed by atoms with van der Waals surface area (Å²) in [4.78, 5) is 38.4. The summed E-state index contributed by atoms with van der Waals surface area (Å²) in [6.07, 6.45) is 0. The van der Waals surface area contributed by atoms with Gasteiger partial charge in [-0.3, -0.25) is 14.5 Å². The van der Waals surface area contributed by atoms with Crippen LogP contribution in [0.25, 0.3) is 0 Å². The second-order valence-electron chi connectivity index (χ2n) is 4.33. The highest BCUT2D eigenvalue weighted by molar-refractivity contribution is 7.10. The molecule has 1 unspecified atom stereocenters. The van der Waals surface area contributed by atoms with Crippen molar-refractivity contribution in [1.82, 2.24) is 15.1 Å². The van der Waals surface area contributed by atoms with E-state index in [1.54, 1.807) is 23.3 Å². The van der Waals surface area contributed by atoms with Crippen LogP contribution in [0.4, 0.5) is 4.79 Å². The van der Waals surface area contributed by atoms with Crippen LogP contribution in [0.2, 0.25) is 0 Å². The average molecular weight is 281 g/mol. The number of nitrogens with one attached hydrogen (secondary N) is 1. The van der Waals surface area contributed by atoms with Crippen molar-refractivity contribution in [2.45, 2.75) is 13.0 Å². The summed E-state index contributed by atoms with van der Waals surface area (Å²) < 4.78 is 0. The molecule has 4 amide bonds. The molecule has 1 N–H and O–H groups in total. The van der Waals surface area contributed by atoms with Crippen LogP contribution in [0.15, 0.2) is 17.5 Å². The Bertz CT molecular complexity index is 484. The van der Waals surface area contributed by atoms with Crippen molar-refractivity contribution in [2.24, 2.45) is 0 Å². The van der Waals surface area contributed by atoms with Crippen molar-refractivity contribution < 1.29 is 14.4 Å². The lowest BCUT2D eigenvalue weighted by molar-refractivity contribution is -0.136. The lowest BCUT2D eigenvalue weighted by Gasteiger charge is -2.25. The van der Waals surface area contributed by atoms with Gasteiger partial charge < -0.3 is 10.2 Å². The molecular formula is C12H15N3O3S. The molecule has 0 aromatic carbocycles. The van der Waals surface area contributed by atoms with Crippen molar-refractivity contribution in [2.75, 3.05) is 20.1 Å². The van der Waals surface area contributed by atoms with E-state index in [9.17, 15) is 14.4 Å². The van der Waals surface area contributed by atoms with Gasteiger partial charge in [-0.1, -0.05) is 6.07 Å². The second kappa shape index (κ2) is 5.40. The minimum atomic E-state index is -0.504. The molecule has 19 heavy (non-hydrogen) atoms. The van der Waals surface area contributed by atoms with Gasteiger partial charge in [-0.05, 0) is 18.4 Å². The SMILES string of the molecule is CC(c1cccs1)N(C)C(=O)CN1C(=O)CNC1=O. The molecule has 0 aliphatic carbocycles. The average Bonchev–Trinajstić information content (AvgIpc) is 3.02. The van der Waals surface area contributed by atoms with Gasteiger partial charge >= 0.3 is 6.03 Å². The van der Waals surface area contributed by atoms with Gasteiger partial charge in [0.15, 0.2) is 0 Å². The molecule has 2 heterocycles. The minimum absolute atomic E-state index is 0.0314. The molecule has 1 aromatic heterocycles. The highest BCUT2D eigenvalue weighted by Gasteiger charge is 2.31. The third-order valence-electron chi connectivity index (χ3n) is 3.16. The number of likely N-dealkylation sites (N-methyl/N-ethyl adjacent to an activating group) is 1. The second-order valence-corrected chi connectivity index (χ2v) is 5.31. The van der Waals surface area contributed by atoms with E-state index >= 15 is 0 Å². The Hall–Kier alpha value is -1.89. The van der Waals surface area contributed by atoms with Gasteiger partial charge in [0.05, 0.1) is 12.6 Å². The number of carbonyl (C=O) groups excluding carboxylic acids is 3. The molecule has 1 aromatic rings. The summed E-state index contributed by atoms with van der Waals surface area (Å²) in [6.45, 7) is 1.67. The monoisotopic (exact) mass is 281 g/mol. The van der Waals surface area contributed by atoms with E-state index in [-0.39, 0.29) is 30.9 Å². The highest BCUT2D eigenvalue weighted by Crippen LogP contribution is 2.23. The highest BCUT2D eigenvalue weighted by atomic mass is 32.1. The Morgan fingerprint density at radius 1 is 1.58 bits per heavy atom. The molecule has 1 aliphatic rings. The van der Waals surface area contributed by atoms with Gasteiger partial charge in [-0.15, -0.1) is 11.3 Å². The predicted octanol–water partition coefficient (Wildman–Crippen LogP) is 0.819. The van der Waals surface area contributed by atoms with Crippen LogP contribution in [-0.4, -0.2) is 47.8 Å². The predicted molar refractivity (Wildman–Crippen MR) is 70.6 cm³/mol. The fraction of sp³-hybridized carbons (Fsp3) is 0.417. The first-order chi connectivity index (χ1) is 9.00. The standard InChI is InChI=1S/C12H15N3O3S/c1-8(9-4-3-5-19-9)14(2)11(17)7-15-10(16)6-13-12(15)18/h3-5,8H,6-7H2,1-2H3,(H,13,18). The fourth-order valence-electron chi connectivity index (χ4n) is 1.80. The molecule has 1 aliphatic heterocycles. The number of imide groups is 1. The van der Waals surface area contributed by atoms with Crippen molar-refractivity contribution >= 4 is 29.2 Å². The van der Waals surface area contributed by atoms with Gasteiger partial charge in [0, 0.05) is 11.9 Å². The summed E-state index contributed by atoms with van der Waals surface area (Å²) in [5, 5.41) is 4.34. The van der Waals surface area contributed by atoms with Crippen LogP contribution in [0.1, 0.15) is 17.8 Å². The van der Waals surface area contributed by atoms with E-state index in [0.29, 0.717) is 0 Å². The van der Waals surface area contributed by atoms with Crippen LogP contribution < -0.4 is 5.32 Å². The Morgan fingerprint density at radius 3 is 2.84 bits per heavy atom. The number of nitrogens with zero attached hydrogens (tertiary/aromatic N) is 2. The van der Waals surface area contributed by atoms with Crippen LogP contribution >= 0.6 is 11.3 Å². The molecular weight excluding hydrogens is 266 g/mol. The molecule has 1 saturated heterocycles. The van der Waals surface area contributed by atoms with Gasteiger partial charge in [-0.2, -0.15) is 0 Å². The van der Waals surface area contributed by atoms with Gasteiger partial charge in [0.1, 0.15) is 6.54 Å². The number of amides is 4. The zero-order chi connectivity index (χ0) is 14.0. The third-order valence-corrected chi connectivity index (χ3v) is 4.20. The molecule has 1 fully saturated rings. The number of rotatable bonds is 4. The quantitative estimate of drug-likeness (QED) is 0.831. The molecule has 0 bridgehead atoms. The molecule has 7 heteroatoms. The van der Waals surface area contributed by atoms with Gasteiger partial charge in [0.25, 0.3) is 5.91 Å². The molecule has 1 atom stereocenters. The number of thiophene rings is 1. The van der Waals surface area contributed by atoms with Crippen molar-refractivity contribution in [1.29, 1.82) is 0 Å². The van der Waals surface area contributed by atoms with E-state index in [4.69, 9.17) is 0 Å². The first-order valence-electron chi connectivity index (χ1n) is 5.88. The van der Waals surface area contributed by atoms with Crippen LogP contribution in [-0.2, 0) is 9.59 Å². The van der Waals surface area contributed by atoms with Crippen LogP contribution in [0.3, 0.4) is 0 Å². The fourth-order valence-corrected chi connectivity index (χ4v) is 2.62. The minimum Gasteiger partial charge on any atom is -0.337 e. The Labute approximate surface area is 115 Å². The third kappa shape index (κ3) is 2.76. The van der Waals surface area contributed by atoms with Crippen molar-refractivity contribution in [3.63, 3.8) is 0 Å². The molecule has 6 nitrogen and oxygen atoms in total. The first-order valence-corrected chi connectivity index (χ1v) is 6.76. The summed E-state index contributed by atoms with van der Waals surface area (Å²) in [6, 6.07) is 3.29. The molecule has 0 radical (unpaired) electrons. The van der Waals surface area contributed by atoms with Crippen molar-refractivity contribution in [3.05, 3.63) is 22.4 Å². The maximum absolute atomic E-state index is 12.1. The summed E-state index contributed by atoms with van der Waals surface area (Å²) >= 11 is 1.57. The van der Waals surface area contributed by atoms with E-state index in [1.165, 1.54) is 0 Å². The lowest BCUT2D eigenvalue weighted by atomic mass is 10.2. The topological polar surface area (TPSA) is 69.7 Å². The zero-order valence-corrected chi connectivity index (χ0v) is 11.6. The van der Waals surface area contributed by atoms with E-state index < -0.39 is 6.03 Å². The number of urea groups is 1. The smallest absolute Gasteiger partial charge is 0.325 e. The Morgan fingerprint density at radius 2 is 2.32 bits per heavy atom. The number of carbonyl (C=O) groups is 3. The van der Waals surface area contributed by atoms with Crippen molar-refractivity contribution in [3.8, 4) is 0 Å². The lowest BCUT2D eigenvalue weighted by Crippen LogP contribution is -2.42. The summed E-state index contributed by atoms with van der Waals surface area (Å²) in [7, 11) is 1.67. The first kappa shape index (κ1) is 13.5. The number of hydrogen-bond acceptors (Lipinski definition) is 4. The molecule has 102 valence electrons. The molecule has 0 spiro atoms.